The molecule has 0 aliphatic carbocycles. The van der Waals surface area contributed by atoms with Crippen molar-refractivity contribution in [3.8, 4) is 10.6 Å². The first-order valence-electron chi connectivity index (χ1n) is 7.60. The van der Waals surface area contributed by atoms with Crippen molar-refractivity contribution in [1.29, 1.82) is 0 Å². The smallest absolute Gasteiger partial charge is 0.290 e. The molecule has 3 rings (SSSR count). The Balaban J connectivity index is 1.65. The zero-order valence-corrected chi connectivity index (χ0v) is 14.3. The SMILES string of the molecule is CCc1ccc(-c2nc(C(=O)N/N=C\c3ccc(C)o3)cs2)cc1. The van der Waals surface area contributed by atoms with E-state index in [1.165, 1.54) is 23.1 Å². The number of carbonyl (C=O) groups is 1. The van der Waals surface area contributed by atoms with E-state index in [9.17, 15) is 4.79 Å². The van der Waals surface area contributed by atoms with Gasteiger partial charge in [0.15, 0.2) is 0 Å². The van der Waals surface area contributed by atoms with Crippen LogP contribution in [-0.2, 0) is 6.42 Å². The van der Waals surface area contributed by atoms with E-state index in [1.807, 2.05) is 25.1 Å². The molecule has 0 saturated carbocycles. The molecule has 1 N–H and O–H groups in total. The molecule has 0 aliphatic rings. The summed E-state index contributed by atoms with van der Waals surface area (Å²) in [5.74, 6) is 1.03. The summed E-state index contributed by atoms with van der Waals surface area (Å²) < 4.78 is 5.34. The van der Waals surface area contributed by atoms with E-state index in [0.717, 1.165) is 22.8 Å². The number of furan rings is 1. The number of amides is 1. The maximum atomic E-state index is 12.1. The van der Waals surface area contributed by atoms with Crippen molar-refractivity contribution in [3.63, 3.8) is 0 Å². The monoisotopic (exact) mass is 339 g/mol. The van der Waals surface area contributed by atoms with Crippen molar-refractivity contribution in [2.45, 2.75) is 20.3 Å². The van der Waals surface area contributed by atoms with Gasteiger partial charge in [-0.1, -0.05) is 31.2 Å². The number of thiazole rings is 1. The predicted molar refractivity (Wildman–Crippen MR) is 95.4 cm³/mol. The summed E-state index contributed by atoms with van der Waals surface area (Å²) in [6.07, 6.45) is 2.46. The Kier molecular flexibility index (Phi) is 4.86. The van der Waals surface area contributed by atoms with E-state index in [0.29, 0.717) is 11.5 Å². The standard InChI is InChI=1S/C18H17N3O2S/c1-3-13-5-7-14(8-6-13)18-20-16(11-24-18)17(22)21-19-10-15-9-4-12(2)23-15/h4-11H,3H2,1-2H3,(H,21,22)/b19-10-. The van der Waals surface area contributed by atoms with Gasteiger partial charge in [0.2, 0.25) is 0 Å². The Bertz CT molecular complexity index is 863. The molecule has 0 unspecified atom stereocenters. The molecular weight excluding hydrogens is 322 g/mol. The van der Waals surface area contributed by atoms with E-state index in [4.69, 9.17) is 4.42 Å². The maximum absolute atomic E-state index is 12.1. The molecule has 3 aromatic rings. The van der Waals surface area contributed by atoms with Crippen LogP contribution in [0, 0.1) is 6.92 Å². The van der Waals surface area contributed by atoms with Gasteiger partial charge in [-0.05, 0) is 31.0 Å². The fraction of sp³-hybridized carbons (Fsp3) is 0.167. The van der Waals surface area contributed by atoms with Gasteiger partial charge < -0.3 is 4.42 Å². The molecule has 0 bridgehead atoms. The summed E-state index contributed by atoms with van der Waals surface area (Å²) in [5, 5.41) is 6.42. The van der Waals surface area contributed by atoms with Crippen molar-refractivity contribution in [1.82, 2.24) is 10.4 Å². The van der Waals surface area contributed by atoms with Crippen LogP contribution in [0.3, 0.4) is 0 Å². The lowest BCUT2D eigenvalue weighted by atomic mass is 10.1. The molecule has 0 atom stereocenters. The Hall–Kier alpha value is -2.73. The van der Waals surface area contributed by atoms with Crippen molar-refractivity contribution >= 4 is 23.5 Å². The predicted octanol–water partition coefficient (Wildman–Crippen LogP) is 4.04. The first-order valence-corrected chi connectivity index (χ1v) is 8.48. The van der Waals surface area contributed by atoms with Gasteiger partial charge in [0.05, 0.1) is 6.21 Å². The zero-order valence-electron chi connectivity index (χ0n) is 13.4. The van der Waals surface area contributed by atoms with Gasteiger partial charge in [0.25, 0.3) is 5.91 Å². The van der Waals surface area contributed by atoms with E-state index in [2.05, 4.69) is 34.6 Å². The molecule has 1 aromatic carbocycles. The van der Waals surface area contributed by atoms with Crippen LogP contribution in [0.1, 0.15) is 34.5 Å². The van der Waals surface area contributed by atoms with Gasteiger partial charge in [0.1, 0.15) is 22.2 Å². The molecule has 2 heterocycles. The van der Waals surface area contributed by atoms with Crippen LogP contribution in [-0.4, -0.2) is 17.1 Å². The van der Waals surface area contributed by atoms with Crippen molar-refractivity contribution in [2.75, 3.05) is 0 Å². The summed E-state index contributed by atoms with van der Waals surface area (Å²) in [6, 6.07) is 11.8. The first kappa shape index (κ1) is 16.1. The van der Waals surface area contributed by atoms with E-state index < -0.39 is 0 Å². The van der Waals surface area contributed by atoms with Gasteiger partial charge in [-0.25, -0.2) is 10.4 Å². The van der Waals surface area contributed by atoms with E-state index in [1.54, 1.807) is 11.4 Å². The summed E-state index contributed by atoms with van der Waals surface area (Å²) in [6.45, 7) is 3.96. The molecule has 0 saturated heterocycles. The average Bonchev–Trinajstić information content (AvgIpc) is 3.24. The van der Waals surface area contributed by atoms with Crippen LogP contribution in [0.25, 0.3) is 10.6 Å². The summed E-state index contributed by atoms with van der Waals surface area (Å²) in [4.78, 5) is 16.4. The highest BCUT2D eigenvalue weighted by Gasteiger charge is 2.11. The molecule has 24 heavy (non-hydrogen) atoms. The topological polar surface area (TPSA) is 67.5 Å². The van der Waals surface area contributed by atoms with Crippen molar-refractivity contribution in [2.24, 2.45) is 5.10 Å². The molecule has 5 nitrogen and oxygen atoms in total. The lowest BCUT2D eigenvalue weighted by molar-refractivity contribution is 0.0951. The molecule has 0 aliphatic heterocycles. The van der Waals surface area contributed by atoms with Gasteiger partial charge in [-0.15, -0.1) is 11.3 Å². The van der Waals surface area contributed by atoms with Crippen LogP contribution >= 0.6 is 11.3 Å². The average molecular weight is 339 g/mol. The third kappa shape index (κ3) is 3.78. The summed E-state index contributed by atoms with van der Waals surface area (Å²) in [7, 11) is 0. The molecule has 0 radical (unpaired) electrons. The highest BCUT2D eigenvalue weighted by Crippen LogP contribution is 2.24. The number of hydrogen-bond acceptors (Lipinski definition) is 5. The van der Waals surface area contributed by atoms with E-state index in [-0.39, 0.29) is 5.91 Å². The fourth-order valence-electron chi connectivity index (χ4n) is 2.13. The first-order chi connectivity index (χ1) is 11.7. The van der Waals surface area contributed by atoms with E-state index >= 15 is 0 Å². The summed E-state index contributed by atoms with van der Waals surface area (Å²) >= 11 is 1.44. The van der Waals surface area contributed by atoms with Gasteiger partial charge in [-0.3, -0.25) is 4.79 Å². The van der Waals surface area contributed by atoms with Gasteiger partial charge >= 0.3 is 0 Å². The van der Waals surface area contributed by atoms with Crippen LogP contribution < -0.4 is 5.43 Å². The molecule has 1 amide bonds. The Morgan fingerprint density at radius 2 is 2.08 bits per heavy atom. The molecule has 6 heteroatoms. The second-order valence-electron chi connectivity index (χ2n) is 5.24. The highest BCUT2D eigenvalue weighted by molar-refractivity contribution is 7.13. The third-order valence-electron chi connectivity index (χ3n) is 3.46. The number of nitrogens with one attached hydrogen (secondary N) is 1. The third-order valence-corrected chi connectivity index (χ3v) is 4.36. The van der Waals surface area contributed by atoms with Crippen LogP contribution in [0.15, 0.2) is 51.3 Å². The lowest BCUT2D eigenvalue weighted by Crippen LogP contribution is -2.17. The Labute approximate surface area is 144 Å². The lowest BCUT2D eigenvalue weighted by Gasteiger charge is -1.99. The number of hydrogen-bond donors (Lipinski definition) is 1. The number of rotatable bonds is 5. The molecule has 0 fully saturated rings. The molecule has 0 spiro atoms. The largest absolute Gasteiger partial charge is 0.460 e. The fourth-order valence-corrected chi connectivity index (χ4v) is 2.93. The number of carbonyl (C=O) groups excluding carboxylic acids is 1. The summed E-state index contributed by atoms with van der Waals surface area (Å²) in [5.41, 5.74) is 5.08. The zero-order chi connectivity index (χ0) is 16.9. The highest BCUT2D eigenvalue weighted by atomic mass is 32.1. The van der Waals surface area contributed by atoms with Crippen LogP contribution in [0.4, 0.5) is 0 Å². The second-order valence-corrected chi connectivity index (χ2v) is 6.09. The Morgan fingerprint density at radius 1 is 1.29 bits per heavy atom. The minimum Gasteiger partial charge on any atom is -0.460 e. The van der Waals surface area contributed by atoms with Gasteiger partial charge in [0, 0.05) is 10.9 Å². The number of nitrogens with zero attached hydrogens (tertiary/aromatic N) is 2. The number of benzene rings is 1. The minimum atomic E-state index is -0.345. The molecule has 2 aromatic heterocycles. The Morgan fingerprint density at radius 3 is 2.75 bits per heavy atom. The molecular formula is C18H17N3O2S. The van der Waals surface area contributed by atoms with Crippen molar-refractivity contribution in [3.05, 3.63) is 64.6 Å². The quantitative estimate of drug-likeness (QED) is 0.563. The van der Waals surface area contributed by atoms with Crippen LogP contribution in [0.2, 0.25) is 0 Å². The number of hydrazone groups is 1. The normalized spacial score (nSPS) is 11.1. The minimum absolute atomic E-state index is 0.345. The van der Waals surface area contributed by atoms with Gasteiger partial charge in [-0.2, -0.15) is 5.10 Å². The number of aryl methyl sites for hydroxylation is 2. The number of aromatic nitrogens is 1. The van der Waals surface area contributed by atoms with Crippen LogP contribution in [0.5, 0.6) is 0 Å². The second kappa shape index (κ2) is 7.23. The maximum Gasteiger partial charge on any atom is 0.290 e. The molecule has 122 valence electrons. The van der Waals surface area contributed by atoms with Crippen molar-refractivity contribution < 1.29 is 9.21 Å².